The SMILES string of the molecule is CC(=O)N1C=Cc2ccccc2[C@@H]1CC(=O)OCC(=O)NCC(N)=O. The fourth-order valence-electron chi connectivity index (χ4n) is 2.51. The van der Waals surface area contributed by atoms with Crippen molar-refractivity contribution in [3.8, 4) is 0 Å². The molecular weight excluding hydrogens is 326 g/mol. The number of rotatable bonds is 6. The van der Waals surface area contributed by atoms with Gasteiger partial charge in [-0.15, -0.1) is 0 Å². The van der Waals surface area contributed by atoms with Gasteiger partial charge in [0.25, 0.3) is 5.91 Å². The second kappa shape index (κ2) is 8.09. The molecule has 0 aromatic heterocycles. The van der Waals surface area contributed by atoms with Crippen molar-refractivity contribution >= 4 is 29.8 Å². The van der Waals surface area contributed by atoms with Gasteiger partial charge in [-0.25, -0.2) is 0 Å². The molecule has 0 spiro atoms. The summed E-state index contributed by atoms with van der Waals surface area (Å²) in [6.45, 7) is 0.569. The number of carbonyl (C=O) groups excluding carboxylic acids is 4. The van der Waals surface area contributed by atoms with E-state index >= 15 is 0 Å². The largest absolute Gasteiger partial charge is 0.456 e. The number of fused-ring (bicyclic) bond motifs is 1. The van der Waals surface area contributed by atoms with Gasteiger partial charge in [-0.3, -0.25) is 19.2 Å². The molecule has 0 saturated heterocycles. The minimum Gasteiger partial charge on any atom is -0.456 e. The standard InChI is InChI=1S/C17H19N3O5/c1-11(21)20-7-6-12-4-2-3-5-13(12)14(20)8-17(24)25-10-16(23)19-9-15(18)22/h2-7,14H,8-10H2,1H3,(H2,18,22)(H,19,23)/t14-/m0/s1. The number of benzene rings is 1. The number of primary amides is 1. The van der Waals surface area contributed by atoms with Crippen LogP contribution in [0.4, 0.5) is 0 Å². The first-order valence-corrected chi connectivity index (χ1v) is 7.65. The number of ether oxygens (including phenoxy) is 1. The summed E-state index contributed by atoms with van der Waals surface area (Å²) in [7, 11) is 0. The quantitative estimate of drug-likeness (QED) is 0.709. The van der Waals surface area contributed by atoms with Gasteiger partial charge in [-0.1, -0.05) is 24.3 Å². The van der Waals surface area contributed by atoms with Gasteiger partial charge in [0, 0.05) is 13.1 Å². The van der Waals surface area contributed by atoms with Crippen molar-refractivity contribution in [2.24, 2.45) is 5.73 Å². The van der Waals surface area contributed by atoms with Crippen LogP contribution in [0.1, 0.15) is 30.5 Å². The second-order valence-corrected chi connectivity index (χ2v) is 5.49. The fourth-order valence-corrected chi connectivity index (χ4v) is 2.51. The van der Waals surface area contributed by atoms with Crippen LogP contribution in [0.2, 0.25) is 0 Å². The second-order valence-electron chi connectivity index (χ2n) is 5.49. The lowest BCUT2D eigenvalue weighted by Gasteiger charge is -2.32. The predicted molar refractivity (Wildman–Crippen MR) is 88.5 cm³/mol. The highest BCUT2D eigenvalue weighted by molar-refractivity contribution is 5.86. The molecule has 1 aliphatic heterocycles. The molecule has 0 aliphatic carbocycles. The summed E-state index contributed by atoms with van der Waals surface area (Å²) in [5.41, 5.74) is 6.65. The van der Waals surface area contributed by atoms with Gasteiger partial charge in [-0.2, -0.15) is 0 Å². The lowest BCUT2D eigenvalue weighted by molar-refractivity contribution is -0.150. The van der Waals surface area contributed by atoms with Crippen molar-refractivity contribution in [2.75, 3.05) is 13.2 Å². The molecule has 8 heteroatoms. The summed E-state index contributed by atoms with van der Waals surface area (Å²) in [5.74, 6) is -2.15. The molecule has 1 atom stereocenters. The maximum atomic E-state index is 12.1. The van der Waals surface area contributed by atoms with Gasteiger partial charge in [-0.05, 0) is 17.2 Å². The van der Waals surface area contributed by atoms with E-state index in [1.165, 1.54) is 11.8 Å². The molecule has 132 valence electrons. The fraction of sp³-hybridized carbons (Fsp3) is 0.294. The van der Waals surface area contributed by atoms with E-state index < -0.39 is 30.4 Å². The van der Waals surface area contributed by atoms with E-state index in [2.05, 4.69) is 5.32 Å². The Morgan fingerprint density at radius 1 is 1.24 bits per heavy atom. The lowest BCUT2D eigenvalue weighted by Crippen LogP contribution is -2.36. The molecule has 0 fully saturated rings. The van der Waals surface area contributed by atoms with Crippen LogP contribution in [0.5, 0.6) is 0 Å². The van der Waals surface area contributed by atoms with Gasteiger partial charge in [0.05, 0.1) is 19.0 Å². The van der Waals surface area contributed by atoms with Crippen molar-refractivity contribution in [3.63, 3.8) is 0 Å². The van der Waals surface area contributed by atoms with Crippen LogP contribution in [-0.2, 0) is 23.9 Å². The molecule has 3 amide bonds. The zero-order chi connectivity index (χ0) is 18.4. The number of nitrogens with zero attached hydrogens (tertiary/aromatic N) is 1. The summed E-state index contributed by atoms with van der Waals surface area (Å²) < 4.78 is 4.92. The minimum absolute atomic E-state index is 0.0932. The zero-order valence-corrected chi connectivity index (χ0v) is 13.7. The number of hydrogen-bond donors (Lipinski definition) is 2. The first-order chi connectivity index (χ1) is 11.9. The molecular formula is C17H19N3O5. The van der Waals surface area contributed by atoms with E-state index in [4.69, 9.17) is 10.5 Å². The maximum absolute atomic E-state index is 12.1. The Labute approximate surface area is 144 Å². The van der Waals surface area contributed by atoms with Crippen molar-refractivity contribution in [3.05, 3.63) is 41.6 Å². The molecule has 0 unspecified atom stereocenters. The van der Waals surface area contributed by atoms with Crippen LogP contribution in [0.3, 0.4) is 0 Å². The van der Waals surface area contributed by atoms with Crippen LogP contribution in [-0.4, -0.2) is 41.7 Å². The number of nitrogens with two attached hydrogens (primary N) is 1. The van der Waals surface area contributed by atoms with E-state index in [-0.39, 0.29) is 18.9 Å². The molecule has 1 aromatic carbocycles. The third-order valence-electron chi connectivity index (χ3n) is 3.65. The molecule has 3 N–H and O–H groups in total. The zero-order valence-electron chi connectivity index (χ0n) is 13.7. The Morgan fingerprint density at radius 3 is 2.64 bits per heavy atom. The highest BCUT2D eigenvalue weighted by Gasteiger charge is 2.28. The molecule has 0 bridgehead atoms. The van der Waals surface area contributed by atoms with Crippen molar-refractivity contribution in [1.82, 2.24) is 10.2 Å². The Bertz CT molecular complexity index is 729. The molecule has 0 radical (unpaired) electrons. The molecule has 25 heavy (non-hydrogen) atoms. The van der Waals surface area contributed by atoms with Crippen LogP contribution in [0, 0.1) is 0 Å². The monoisotopic (exact) mass is 345 g/mol. The van der Waals surface area contributed by atoms with E-state index in [0.29, 0.717) is 0 Å². The van der Waals surface area contributed by atoms with E-state index in [0.717, 1.165) is 11.1 Å². The first-order valence-electron chi connectivity index (χ1n) is 7.65. The van der Waals surface area contributed by atoms with Gasteiger partial charge in [0.2, 0.25) is 11.8 Å². The van der Waals surface area contributed by atoms with Crippen molar-refractivity contribution in [2.45, 2.75) is 19.4 Å². The highest BCUT2D eigenvalue weighted by atomic mass is 16.5. The predicted octanol–water partition coefficient (Wildman–Crippen LogP) is 0.0953. The summed E-state index contributed by atoms with van der Waals surface area (Å²) >= 11 is 0. The lowest BCUT2D eigenvalue weighted by atomic mass is 9.94. The van der Waals surface area contributed by atoms with Crippen LogP contribution in [0.25, 0.3) is 6.08 Å². The minimum atomic E-state index is -0.692. The smallest absolute Gasteiger partial charge is 0.308 e. The Balaban J connectivity index is 2.00. The number of nitrogens with one attached hydrogen (secondary N) is 1. The van der Waals surface area contributed by atoms with E-state index in [9.17, 15) is 19.2 Å². The van der Waals surface area contributed by atoms with Crippen LogP contribution < -0.4 is 11.1 Å². The highest BCUT2D eigenvalue weighted by Crippen LogP contribution is 2.32. The van der Waals surface area contributed by atoms with E-state index in [1.54, 1.807) is 12.3 Å². The molecule has 1 aromatic rings. The van der Waals surface area contributed by atoms with Crippen molar-refractivity contribution in [1.29, 1.82) is 0 Å². The Morgan fingerprint density at radius 2 is 1.96 bits per heavy atom. The molecule has 1 aliphatic rings. The van der Waals surface area contributed by atoms with Gasteiger partial charge >= 0.3 is 5.97 Å². The van der Waals surface area contributed by atoms with E-state index in [1.807, 2.05) is 24.3 Å². The van der Waals surface area contributed by atoms with Gasteiger partial charge in [0.1, 0.15) is 0 Å². The van der Waals surface area contributed by atoms with Crippen molar-refractivity contribution < 1.29 is 23.9 Å². The third-order valence-corrected chi connectivity index (χ3v) is 3.65. The van der Waals surface area contributed by atoms with Gasteiger partial charge in [0.15, 0.2) is 6.61 Å². The molecule has 2 rings (SSSR count). The van der Waals surface area contributed by atoms with Gasteiger partial charge < -0.3 is 20.7 Å². The molecule has 8 nitrogen and oxygen atoms in total. The molecule has 1 heterocycles. The molecule has 0 saturated carbocycles. The number of amides is 3. The average molecular weight is 345 g/mol. The van der Waals surface area contributed by atoms with Crippen LogP contribution >= 0.6 is 0 Å². The maximum Gasteiger partial charge on any atom is 0.308 e. The summed E-state index contributed by atoms with van der Waals surface area (Å²) in [6, 6.07) is 6.92. The Kier molecular flexibility index (Phi) is 5.89. The average Bonchev–Trinajstić information content (AvgIpc) is 2.58. The third kappa shape index (κ3) is 4.90. The number of esters is 1. The Hall–Kier alpha value is -3.16. The summed E-state index contributed by atoms with van der Waals surface area (Å²) in [4.78, 5) is 47.4. The van der Waals surface area contributed by atoms with Crippen LogP contribution in [0.15, 0.2) is 30.5 Å². The summed E-state index contributed by atoms with van der Waals surface area (Å²) in [6.07, 6.45) is 3.34. The first kappa shape index (κ1) is 18.2. The topological polar surface area (TPSA) is 119 Å². The summed E-state index contributed by atoms with van der Waals surface area (Å²) in [5, 5.41) is 2.22. The number of hydrogen-bond acceptors (Lipinski definition) is 5. The normalized spacial score (nSPS) is 15.2. The number of carbonyl (C=O) groups is 4.